The third-order valence-electron chi connectivity index (χ3n) is 5.86. The molecule has 4 heterocycles. The number of carbonyl (C=O) groups is 1. The van der Waals surface area contributed by atoms with Crippen molar-refractivity contribution in [1.82, 2.24) is 30.1 Å². The monoisotopic (exact) mass is 464 g/mol. The molecule has 11 heteroatoms. The van der Waals surface area contributed by atoms with Gasteiger partial charge in [-0.3, -0.25) is 14.7 Å². The van der Waals surface area contributed by atoms with Gasteiger partial charge in [0.2, 0.25) is 6.41 Å². The predicted octanol–water partition coefficient (Wildman–Crippen LogP) is 3.55. The maximum Gasteiger partial charge on any atom is 0.215 e. The normalized spacial score (nSPS) is 14.5. The van der Waals surface area contributed by atoms with Gasteiger partial charge < -0.3 is 10.3 Å². The minimum absolute atomic E-state index is 0.263. The molecule has 168 valence electrons. The van der Waals surface area contributed by atoms with Gasteiger partial charge in [-0.25, -0.2) is 14.4 Å². The first-order valence-electron chi connectivity index (χ1n) is 10.5. The molecule has 0 saturated heterocycles. The number of aromatic nitrogens is 6. The first kappa shape index (κ1) is 21.1. The molecule has 2 N–H and O–H groups in total. The standard InChI is InChI=1S/C22H21FN8OS/c23-16-3-1-8-25-20(16)22(6-2-7-22)12-27-18-5-4-17(29-30-18)21-26-9-15(33-21)11-31(14-32)19-10-24-13-28-19/h1,3-5,8-10,13-14H,2,6-7,11-12H2,(H,24,28)(H,27,30). The van der Waals surface area contributed by atoms with Crippen molar-refractivity contribution >= 4 is 29.4 Å². The number of nitrogens with zero attached hydrogens (tertiary/aromatic N) is 6. The Labute approximate surface area is 193 Å². The number of rotatable bonds is 9. The van der Waals surface area contributed by atoms with E-state index in [1.807, 2.05) is 12.1 Å². The lowest BCUT2D eigenvalue weighted by Crippen LogP contribution is -2.42. The SMILES string of the molecule is O=CN(Cc1cnc(-c2ccc(NCC3(c4ncccc4F)CCC3)nn2)s1)c1cnc[nH]1. The van der Waals surface area contributed by atoms with Crippen molar-refractivity contribution in [3.8, 4) is 10.7 Å². The number of hydrogen-bond donors (Lipinski definition) is 2. The Morgan fingerprint density at radius 1 is 1.21 bits per heavy atom. The van der Waals surface area contributed by atoms with Crippen LogP contribution in [0.5, 0.6) is 0 Å². The molecule has 4 aromatic rings. The second-order valence-corrected chi connectivity index (χ2v) is 9.04. The van der Waals surface area contributed by atoms with Gasteiger partial charge in [0.25, 0.3) is 0 Å². The molecule has 0 unspecified atom stereocenters. The Balaban J connectivity index is 1.24. The van der Waals surface area contributed by atoms with Gasteiger partial charge in [-0.2, -0.15) is 0 Å². The zero-order valence-electron chi connectivity index (χ0n) is 17.6. The zero-order chi connectivity index (χ0) is 22.7. The second kappa shape index (κ2) is 9.02. The molecular weight excluding hydrogens is 443 g/mol. The van der Waals surface area contributed by atoms with Gasteiger partial charge in [0.1, 0.15) is 28.2 Å². The largest absolute Gasteiger partial charge is 0.368 e. The van der Waals surface area contributed by atoms with Crippen LogP contribution < -0.4 is 10.2 Å². The van der Waals surface area contributed by atoms with Crippen LogP contribution in [0.25, 0.3) is 10.7 Å². The molecule has 9 nitrogen and oxygen atoms in total. The Bertz CT molecular complexity index is 1220. The molecule has 1 aliphatic rings. The van der Waals surface area contributed by atoms with Crippen LogP contribution in [0.15, 0.2) is 49.2 Å². The number of carbonyl (C=O) groups excluding carboxylic acids is 1. The van der Waals surface area contributed by atoms with E-state index >= 15 is 0 Å². The minimum atomic E-state index is -0.311. The lowest BCUT2D eigenvalue weighted by molar-refractivity contribution is -0.107. The zero-order valence-corrected chi connectivity index (χ0v) is 18.4. The van der Waals surface area contributed by atoms with Crippen LogP contribution in [0.2, 0.25) is 0 Å². The van der Waals surface area contributed by atoms with Crippen molar-refractivity contribution in [3.63, 3.8) is 0 Å². The van der Waals surface area contributed by atoms with Crippen LogP contribution in [0.3, 0.4) is 0 Å². The highest BCUT2D eigenvalue weighted by Crippen LogP contribution is 2.43. The van der Waals surface area contributed by atoms with E-state index in [0.29, 0.717) is 41.1 Å². The highest BCUT2D eigenvalue weighted by molar-refractivity contribution is 7.15. The molecule has 33 heavy (non-hydrogen) atoms. The van der Waals surface area contributed by atoms with Crippen LogP contribution in [-0.4, -0.2) is 43.1 Å². The van der Waals surface area contributed by atoms with Gasteiger partial charge in [-0.05, 0) is 37.1 Å². The summed E-state index contributed by atoms with van der Waals surface area (Å²) in [4.78, 5) is 29.4. The highest BCUT2D eigenvalue weighted by atomic mass is 32.1. The first-order chi connectivity index (χ1) is 16.2. The minimum Gasteiger partial charge on any atom is -0.368 e. The summed E-state index contributed by atoms with van der Waals surface area (Å²) in [5.41, 5.74) is 0.850. The summed E-state index contributed by atoms with van der Waals surface area (Å²) in [5, 5.41) is 12.6. The van der Waals surface area contributed by atoms with Gasteiger partial charge in [-0.15, -0.1) is 21.5 Å². The molecule has 0 spiro atoms. The fraction of sp³-hybridized carbons (Fsp3) is 0.273. The lowest BCUT2D eigenvalue weighted by Gasteiger charge is -2.41. The number of thiazole rings is 1. The fourth-order valence-electron chi connectivity index (χ4n) is 3.93. The van der Waals surface area contributed by atoms with Gasteiger partial charge in [0, 0.05) is 29.2 Å². The maximum atomic E-state index is 14.3. The summed E-state index contributed by atoms with van der Waals surface area (Å²) in [7, 11) is 0. The molecule has 5 rings (SSSR count). The molecule has 1 saturated carbocycles. The quantitative estimate of drug-likeness (QED) is 0.364. The van der Waals surface area contributed by atoms with E-state index in [2.05, 4.69) is 35.5 Å². The molecule has 1 amide bonds. The van der Waals surface area contributed by atoms with Crippen LogP contribution in [-0.2, 0) is 16.8 Å². The molecule has 0 aromatic carbocycles. The van der Waals surface area contributed by atoms with Crippen molar-refractivity contribution in [1.29, 1.82) is 0 Å². The molecular formula is C22H21FN8OS. The molecule has 4 aromatic heterocycles. The number of aromatic amines is 1. The van der Waals surface area contributed by atoms with Crippen molar-refractivity contribution in [2.75, 3.05) is 16.8 Å². The fourth-order valence-corrected chi connectivity index (χ4v) is 4.81. The number of nitrogens with one attached hydrogen (secondary N) is 2. The van der Waals surface area contributed by atoms with Gasteiger partial charge >= 0.3 is 0 Å². The summed E-state index contributed by atoms with van der Waals surface area (Å²) in [6.45, 7) is 0.925. The molecule has 0 atom stereocenters. The predicted molar refractivity (Wildman–Crippen MR) is 122 cm³/mol. The van der Waals surface area contributed by atoms with E-state index in [9.17, 15) is 9.18 Å². The van der Waals surface area contributed by atoms with E-state index in [0.717, 1.165) is 30.5 Å². The molecule has 0 radical (unpaired) electrons. The number of imidazole rings is 1. The van der Waals surface area contributed by atoms with Crippen molar-refractivity contribution in [3.05, 3.63) is 65.6 Å². The van der Waals surface area contributed by atoms with Gasteiger partial charge in [0.15, 0.2) is 0 Å². The van der Waals surface area contributed by atoms with E-state index in [1.165, 1.54) is 28.6 Å². The third-order valence-corrected chi connectivity index (χ3v) is 6.87. The summed E-state index contributed by atoms with van der Waals surface area (Å²) in [6, 6.07) is 6.76. The third kappa shape index (κ3) is 4.31. The molecule has 1 aliphatic carbocycles. The van der Waals surface area contributed by atoms with Crippen LogP contribution in [0, 0.1) is 5.82 Å². The average Bonchev–Trinajstić information content (AvgIpc) is 3.51. The van der Waals surface area contributed by atoms with Crippen molar-refractivity contribution < 1.29 is 9.18 Å². The van der Waals surface area contributed by atoms with Crippen molar-refractivity contribution in [2.24, 2.45) is 0 Å². The van der Waals surface area contributed by atoms with Gasteiger partial charge in [-0.1, -0.05) is 6.42 Å². The number of pyridine rings is 1. The second-order valence-electron chi connectivity index (χ2n) is 7.93. The summed E-state index contributed by atoms with van der Waals surface area (Å²) in [5.74, 6) is 0.968. The summed E-state index contributed by atoms with van der Waals surface area (Å²) in [6.07, 6.45) is 10.0. The number of hydrogen-bond acceptors (Lipinski definition) is 8. The number of halogens is 1. The maximum absolute atomic E-state index is 14.3. The first-order valence-corrected chi connectivity index (χ1v) is 11.3. The van der Waals surface area contributed by atoms with E-state index in [4.69, 9.17) is 0 Å². The van der Waals surface area contributed by atoms with Crippen LogP contribution in [0.1, 0.15) is 29.8 Å². The summed E-state index contributed by atoms with van der Waals surface area (Å²) >= 11 is 1.44. The molecule has 1 fully saturated rings. The van der Waals surface area contributed by atoms with Crippen LogP contribution >= 0.6 is 11.3 Å². The lowest BCUT2D eigenvalue weighted by atomic mass is 9.66. The highest BCUT2D eigenvalue weighted by Gasteiger charge is 2.41. The Kier molecular flexibility index (Phi) is 5.78. The topological polar surface area (TPSA) is 113 Å². The number of amides is 1. The summed E-state index contributed by atoms with van der Waals surface area (Å²) < 4.78 is 14.3. The van der Waals surface area contributed by atoms with E-state index in [1.54, 1.807) is 24.7 Å². The number of anilines is 2. The van der Waals surface area contributed by atoms with Crippen molar-refractivity contribution in [2.45, 2.75) is 31.2 Å². The Morgan fingerprint density at radius 3 is 2.79 bits per heavy atom. The van der Waals surface area contributed by atoms with Crippen LogP contribution in [0.4, 0.5) is 16.0 Å². The van der Waals surface area contributed by atoms with Gasteiger partial charge in [0.05, 0.1) is 24.8 Å². The Hall–Kier alpha value is -3.73. The number of H-pyrrole nitrogens is 1. The molecule has 0 aliphatic heterocycles. The molecule has 0 bridgehead atoms. The van der Waals surface area contributed by atoms with E-state index < -0.39 is 0 Å². The Morgan fingerprint density at radius 2 is 2.12 bits per heavy atom. The smallest absolute Gasteiger partial charge is 0.215 e. The average molecular weight is 465 g/mol. The van der Waals surface area contributed by atoms with E-state index in [-0.39, 0.29) is 11.2 Å².